The second kappa shape index (κ2) is 6.14. The van der Waals surface area contributed by atoms with Crippen molar-refractivity contribution in [2.75, 3.05) is 13.1 Å². The van der Waals surface area contributed by atoms with Gasteiger partial charge < -0.3 is 5.11 Å². The smallest absolute Gasteiger partial charge is 0.127 e. The van der Waals surface area contributed by atoms with Gasteiger partial charge in [0.05, 0.1) is 18.3 Å². The summed E-state index contributed by atoms with van der Waals surface area (Å²) in [6.45, 7) is 4.28. The van der Waals surface area contributed by atoms with Gasteiger partial charge in [0.15, 0.2) is 0 Å². The van der Waals surface area contributed by atoms with Crippen molar-refractivity contribution >= 4 is 0 Å². The van der Waals surface area contributed by atoms with Gasteiger partial charge in [-0.1, -0.05) is 22.9 Å². The molecule has 0 amide bonds. The Morgan fingerprint density at radius 3 is 3.05 bits per heavy atom. The molecule has 22 heavy (non-hydrogen) atoms. The molecule has 1 fully saturated rings. The topological polar surface area (TPSA) is 54.2 Å². The van der Waals surface area contributed by atoms with Gasteiger partial charge in [-0.2, -0.15) is 0 Å². The molecule has 1 unspecified atom stereocenters. The van der Waals surface area contributed by atoms with Crippen LogP contribution >= 0.6 is 0 Å². The van der Waals surface area contributed by atoms with Crippen LogP contribution in [0.4, 0.5) is 4.39 Å². The van der Waals surface area contributed by atoms with E-state index >= 15 is 0 Å². The van der Waals surface area contributed by atoms with Crippen LogP contribution in [-0.2, 0) is 13.1 Å². The first-order valence-corrected chi connectivity index (χ1v) is 7.58. The van der Waals surface area contributed by atoms with Gasteiger partial charge in [0.25, 0.3) is 0 Å². The molecular weight excluding hydrogens is 283 g/mol. The predicted molar refractivity (Wildman–Crippen MR) is 80.6 cm³/mol. The number of piperidine rings is 1. The molecule has 0 spiro atoms. The zero-order valence-electron chi connectivity index (χ0n) is 12.7. The number of hydrogen-bond donors (Lipinski definition) is 1. The van der Waals surface area contributed by atoms with Gasteiger partial charge in [0.2, 0.25) is 0 Å². The van der Waals surface area contributed by atoms with Crippen LogP contribution in [0.25, 0.3) is 0 Å². The number of aliphatic hydroxyl groups is 1. The van der Waals surface area contributed by atoms with E-state index in [-0.39, 0.29) is 5.82 Å². The minimum Gasteiger partial charge on any atom is -0.387 e. The van der Waals surface area contributed by atoms with Gasteiger partial charge >= 0.3 is 0 Å². The fraction of sp³-hybridized carbons (Fsp3) is 0.500. The molecule has 5 nitrogen and oxygen atoms in total. The Hall–Kier alpha value is -1.79. The minimum absolute atomic E-state index is 0.184. The standard InChI is InChI=1S/C16H21FN4O/c1-13-3-4-15(17)14(9-13)10-20-7-2-5-16(22,11-20)12-21-8-6-18-19-21/h3-4,6,8-9,22H,2,5,7,10-12H2,1H3. The van der Waals surface area contributed by atoms with Crippen LogP contribution in [0.5, 0.6) is 0 Å². The molecular formula is C16H21FN4O. The summed E-state index contributed by atoms with van der Waals surface area (Å²) in [6, 6.07) is 5.16. The molecule has 1 N–H and O–H groups in total. The number of aryl methyl sites for hydroxylation is 1. The normalized spacial score (nSPS) is 22.9. The van der Waals surface area contributed by atoms with E-state index in [0.29, 0.717) is 25.2 Å². The quantitative estimate of drug-likeness (QED) is 0.935. The molecule has 1 aromatic heterocycles. The Kier molecular flexibility index (Phi) is 4.22. The number of β-amino-alcohol motifs (C(OH)–C–C–N with tert-alkyl or cyclic N) is 1. The van der Waals surface area contributed by atoms with Gasteiger partial charge in [0, 0.05) is 24.8 Å². The van der Waals surface area contributed by atoms with Crippen molar-refractivity contribution < 1.29 is 9.50 Å². The average molecular weight is 304 g/mol. The zero-order valence-corrected chi connectivity index (χ0v) is 12.7. The van der Waals surface area contributed by atoms with Crippen LogP contribution in [0.3, 0.4) is 0 Å². The van der Waals surface area contributed by atoms with E-state index in [1.807, 2.05) is 13.0 Å². The lowest BCUT2D eigenvalue weighted by Crippen LogP contribution is -2.50. The third-order valence-electron chi connectivity index (χ3n) is 4.16. The van der Waals surface area contributed by atoms with Crippen molar-refractivity contribution in [3.8, 4) is 0 Å². The Labute approximate surface area is 129 Å². The highest BCUT2D eigenvalue weighted by atomic mass is 19.1. The molecule has 0 saturated carbocycles. The summed E-state index contributed by atoms with van der Waals surface area (Å²) in [5.74, 6) is -0.184. The average Bonchev–Trinajstić information content (AvgIpc) is 2.95. The third kappa shape index (κ3) is 3.51. The molecule has 1 aliphatic heterocycles. The summed E-state index contributed by atoms with van der Waals surface area (Å²) in [5.41, 5.74) is 0.892. The number of hydrogen-bond acceptors (Lipinski definition) is 4. The van der Waals surface area contributed by atoms with E-state index in [4.69, 9.17) is 0 Å². The molecule has 0 aliphatic carbocycles. The van der Waals surface area contributed by atoms with E-state index in [0.717, 1.165) is 24.9 Å². The molecule has 1 aromatic carbocycles. The lowest BCUT2D eigenvalue weighted by molar-refractivity contribution is -0.0480. The second-order valence-corrected chi connectivity index (χ2v) is 6.23. The Balaban J connectivity index is 1.68. The molecule has 2 aromatic rings. The molecule has 0 bridgehead atoms. The van der Waals surface area contributed by atoms with Crippen LogP contribution in [0.15, 0.2) is 30.6 Å². The first kappa shape index (κ1) is 15.1. The molecule has 1 saturated heterocycles. The fourth-order valence-corrected chi connectivity index (χ4v) is 3.15. The third-order valence-corrected chi connectivity index (χ3v) is 4.16. The first-order chi connectivity index (χ1) is 10.5. The number of halogens is 1. The zero-order chi connectivity index (χ0) is 15.6. The Morgan fingerprint density at radius 2 is 2.27 bits per heavy atom. The molecule has 118 valence electrons. The highest BCUT2D eigenvalue weighted by Crippen LogP contribution is 2.25. The van der Waals surface area contributed by atoms with Crippen LogP contribution < -0.4 is 0 Å². The molecule has 3 rings (SSSR count). The minimum atomic E-state index is -0.841. The summed E-state index contributed by atoms with van der Waals surface area (Å²) < 4.78 is 15.6. The maximum absolute atomic E-state index is 13.9. The summed E-state index contributed by atoms with van der Waals surface area (Å²) >= 11 is 0. The first-order valence-electron chi connectivity index (χ1n) is 7.58. The largest absolute Gasteiger partial charge is 0.387 e. The molecule has 6 heteroatoms. The summed E-state index contributed by atoms with van der Waals surface area (Å²) in [5, 5.41) is 18.5. The van der Waals surface area contributed by atoms with E-state index < -0.39 is 5.60 Å². The Morgan fingerprint density at radius 1 is 1.41 bits per heavy atom. The lowest BCUT2D eigenvalue weighted by atomic mass is 9.92. The number of benzene rings is 1. The highest BCUT2D eigenvalue weighted by molar-refractivity contribution is 5.24. The maximum atomic E-state index is 13.9. The van der Waals surface area contributed by atoms with Crippen LogP contribution in [0.1, 0.15) is 24.0 Å². The van der Waals surface area contributed by atoms with Crippen LogP contribution in [0.2, 0.25) is 0 Å². The molecule has 1 atom stereocenters. The molecule has 2 heterocycles. The molecule has 0 radical (unpaired) electrons. The highest BCUT2D eigenvalue weighted by Gasteiger charge is 2.34. The van der Waals surface area contributed by atoms with Crippen molar-refractivity contribution in [1.29, 1.82) is 0 Å². The van der Waals surface area contributed by atoms with E-state index in [1.165, 1.54) is 6.07 Å². The fourth-order valence-electron chi connectivity index (χ4n) is 3.15. The monoisotopic (exact) mass is 304 g/mol. The number of nitrogens with zero attached hydrogens (tertiary/aromatic N) is 4. The van der Waals surface area contributed by atoms with Crippen LogP contribution in [-0.4, -0.2) is 43.7 Å². The van der Waals surface area contributed by atoms with Crippen LogP contribution in [0, 0.1) is 12.7 Å². The summed E-state index contributed by atoms with van der Waals surface area (Å²) in [4.78, 5) is 2.11. The summed E-state index contributed by atoms with van der Waals surface area (Å²) in [6.07, 6.45) is 4.96. The van der Waals surface area contributed by atoms with Gasteiger partial charge in [0.1, 0.15) is 5.82 Å². The van der Waals surface area contributed by atoms with Crippen molar-refractivity contribution in [2.24, 2.45) is 0 Å². The lowest BCUT2D eigenvalue weighted by Gasteiger charge is -2.39. The van der Waals surface area contributed by atoms with Gasteiger partial charge in [-0.25, -0.2) is 9.07 Å². The van der Waals surface area contributed by atoms with Crippen molar-refractivity contribution in [2.45, 2.75) is 38.5 Å². The number of rotatable bonds is 4. The van der Waals surface area contributed by atoms with Gasteiger partial charge in [-0.15, -0.1) is 5.10 Å². The van der Waals surface area contributed by atoms with Gasteiger partial charge in [-0.3, -0.25) is 4.90 Å². The number of aromatic nitrogens is 3. The maximum Gasteiger partial charge on any atom is 0.127 e. The number of likely N-dealkylation sites (tertiary alicyclic amines) is 1. The summed E-state index contributed by atoms with van der Waals surface area (Å²) in [7, 11) is 0. The SMILES string of the molecule is Cc1ccc(F)c(CN2CCCC(O)(Cn3ccnn3)C2)c1. The second-order valence-electron chi connectivity index (χ2n) is 6.23. The van der Waals surface area contributed by atoms with Crippen molar-refractivity contribution in [3.05, 3.63) is 47.5 Å². The van der Waals surface area contributed by atoms with E-state index in [1.54, 1.807) is 23.1 Å². The van der Waals surface area contributed by atoms with E-state index in [2.05, 4.69) is 15.2 Å². The van der Waals surface area contributed by atoms with Crippen molar-refractivity contribution in [3.63, 3.8) is 0 Å². The van der Waals surface area contributed by atoms with Gasteiger partial charge in [-0.05, 0) is 32.4 Å². The Bertz CT molecular complexity index is 631. The van der Waals surface area contributed by atoms with E-state index in [9.17, 15) is 9.50 Å². The van der Waals surface area contributed by atoms with Crippen molar-refractivity contribution in [1.82, 2.24) is 19.9 Å². The molecule has 1 aliphatic rings. The predicted octanol–water partition coefficient (Wildman–Crippen LogP) is 1.75.